The van der Waals surface area contributed by atoms with Crippen LogP contribution in [0.15, 0.2) is 39.6 Å². The summed E-state index contributed by atoms with van der Waals surface area (Å²) < 4.78 is 35.4. The monoisotopic (exact) mass is 426 g/mol. The zero-order chi connectivity index (χ0) is 21.6. The number of sulfonamides is 1. The minimum Gasteiger partial charge on any atom is -0.449 e. The normalized spacial score (nSPS) is 14.5. The summed E-state index contributed by atoms with van der Waals surface area (Å²) in [7, 11) is -3.93. The Kier molecular flexibility index (Phi) is 5.10. The van der Waals surface area contributed by atoms with Gasteiger partial charge in [0.25, 0.3) is 15.9 Å². The maximum absolute atomic E-state index is 13.4. The maximum atomic E-state index is 13.4. The van der Waals surface area contributed by atoms with E-state index in [4.69, 9.17) is 4.42 Å². The number of likely N-dealkylation sites (tertiary alicyclic amines) is 1. The van der Waals surface area contributed by atoms with Crippen molar-refractivity contribution in [2.24, 2.45) is 0 Å². The largest absolute Gasteiger partial charge is 0.449 e. The molecule has 1 amide bonds. The maximum Gasteiger partial charge on any atom is 0.289 e. The topological polar surface area (TPSA) is 79.6 Å². The van der Waals surface area contributed by atoms with Crippen LogP contribution in [0.4, 0.5) is 5.69 Å². The molecule has 0 unspecified atom stereocenters. The first-order chi connectivity index (χ1) is 14.2. The smallest absolute Gasteiger partial charge is 0.289 e. The number of nitrogens with zero attached hydrogens (tertiary/aromatic N) is 1. The number of carbonyl (C=O) groups is 1. The average molecular weight is 427 g/mol. The molecule has 6 nitrogen and oxygen atoms in total. The Morgan fingerprint density at radius 1 is 1.03 bits per heavy atom. The number of anilines is 1. The molecule has 1 saturated heterocycles. The van der Waals surface area contributed by atoms with Gasteiger partial charge in [0.1, 0.15) is 4.90 Å². The van der Waals surface area contributed by atoms with Crippen molar-refractivity contribution in [3.05, 3.63) is 58.3 Å². The zero-order valence-electron chi connectivity index (χ0n) is 17.7. The van der Waals surface area contributed by atoms with Crippen molar-refractivity contribution in [1.82, 2.24) is 4.90 Å². The van der Waals surface area contributed by atoms with Gasteiger partial charge in [0.15, 0.2) is 11.3 Å². The van der Waals surface area contributed by atoms with Gasteiger partial charge >= 0.3 is 0 Å². The first kappa shape index (κ1) is 20.5. The molecule has 7 heteroatoms. The second-order valence-corrected chi connectivity index (χ2v) is 9.67. The first-order valence-electron chi connectivity index (χ1n) is 10.1. The number of furan rings is 1. The fourth-order valence-corrected chi connectivity index (χ4v) is 5.55. The van der Waals surface area contributed by atoms with Crippen molar-refractivity contribution in [3.63, 3.8) is 0 Å². The van der Waals surface area contributed by atoms with Gasteiger partial charge in [-0.25, -0.2) is 8.42 Å². The lowest BCUT2D eigenvalue weighted by molar-refractivity contribution is 0.0762. The van der Waals surface area contributed by atoms with Gasteiger partial charge < -0.3 is 9.32 Å². The molecule has 1 fully saturated rings. The van der Waals surface area contributed by atoms with Crippen LogP contribution in [0.25, 0.3) is 11.0 Å². The summed E-state index contributed by atoms with van der Waals surface area (Å²) in [6.45, 7) is 8.75. The molecule has 1 aliphatic rings. The molecule has 0 atom stereocenters. The lowest BCUT2D eigenvalue weighted by atomic mass is 10.0. The van der Waals surface area contributed by atoms with Gasteiger partial charge in [0.05, 0.1) is 0 Å². The third-order valence-electron chi connectivity index (χ3n) is 5.82. The molecular weight excluding hydrogens is 400 g/mol. The number of fused-ring (bicyclic) bond motifs is 1. The van der Waals surface area contributed by atoms with Crippen LogP contribution in [0.5, 0.6) is 0 Å². The highest BCUT2D eigenvalue weighted by Gasteiger charge is 2.30. The van der Waals surface area contributed by atoms with E-state index in [1.54, 1.807) is 30.0 Å². The molecule has 2 aromatic carbocycles. The van der Waals surface area contributed by atoms with Gasteiger partial charge in [-0.05, 0) is 75.4 Å². The minimum atomic E-state index is -3.93. The summed E-state index contributed by atoms with van der Waals surface area (Å²) in [6, 6.07) is 9.09. The highest BCUT2D eigenvalue weighted by Crippen LogP contribution is 2.36. The third-order valence-corrected chi connectivity index (χ3v) is 7.35. The number of nitrogens with one attached hydrogen (secondary N) is 1. The molecule has 2 heterocycles. The van der Waals surface area contributed by atoms with Crippen molar-refractivity contribution in [2.45, 2.75) is 45.4 Å². The number of aryl methyl sites for hydroxylation is 3. The molecule has 30 heavy (non-hydrogen) atoms. The second-order valence-electron chi connectivity index (χ2n) is 8.05. The van der Waals surface area contributed by atoms with E-state index < -0.39 is 10.0 Å². The van der Waals surface area contributed by atoms with E-state index in [2.05, 4.69) is 4.72 Å². The molecule has 0 aliphatic carbocycles. The van der Waals surface area contributed by atoms with E-state index in [-0.39, 0.29) is 22.1 Å². The van der Waals surface area contributed by atoms with Gasteiger partial charge in [0.2, 0.25) is 0 Å². The van der Waals surface area contributed by atoms with Gasteiger partial charge in [-0.2, -0.15) is 0 Å². The Morgan fingerprint density at radius 2 is 1.73 bits per heavy atom. The van der Waals surface area contributed by atoms with Crippen LogP contribution in [0.3, 0.4) is 0 Å². The van der Waals surface area contributed by atoms with Crippen LogP contribution >= 0.6 is 0 Å². The summed E-state index contributed by atoms with van der Waals surface area (Å²) in [6.07, 6.45) is 1.95. The molecule has 0 saturated carbocycles. The van der Waals surface area contributed by atoms with Gasteiger partial charge in [-0.3, -0.25) is 9.52 Å². The van der Waals surface area contributed by atoms with E-state index in [9.17, 15) is 13.2 Å². The first-order valence-corrected chi connectivity index (χ1v) is 11.6. The van der Waals surface area contributed by atoms with Crippen LogP contribution in [0.2, 0.25) is 0 Å². The number of amides is 1. The van der Waals surface area contributed by atoms with Crippen molar-refractivity contribution in [3.8, 4) is 0 Å². The van der Waals surface area contributed by atoms with Crippen molar-refractivity contribution >= 4 is 32.6 Å². The molecule has 0 spiro atoms. The van der Waals surface area contributed by atoms with Crippen LogP contribution in [0.1, 0.15) is 45.7 Å². The highest BCUT2D eigenvalue weighted by molar-refractivity contribution is 7.93. The fraction of sp³-hybridized carbons (Fsp3) is 0.348. The van der Waals surface area contributed by atoms with E-state index in [0.29, 0.717) is 35.3 Å². The standard InChI is InChI=1S/C23H26N2O4S/c1-14-8-7-9-18(12-14)24-30(27,28)22-16(3)15(2)13-19-17(4)20(29-21(19)22)23(26)25-10-5-6-11-25/h7-9,12-13,24H,5-6,10-11H2,1-4H3. The minimum absolute atomic E-state index is 0.0857. The summed E-state index contributed by atoms with van der Waals surface area (Å²) in [4.78, 5) is 14.8. The summed E-state index contributed by atoms with van der Waals surface area (Å²) in [5.41, 5.74) is 3.79. The summed E-state index contributed by atoms with van der Waals surface area (Å²) in [5, 5.41) is 0.658. The third kappa shape index (κ3) is 3.47. The number of rotatable bonds is 4. The van der Waals surface area contributed by atoms with Gasteiger partial charge in [-0.1, -0.05) is 12.1 Å². The molecule has 1 N–H and O–H groups in total. The Hall–Kier alpha value is -2.80. The van der Waals surface area contributed by atoms with Crippen molar-refractivity contribution in [1.29, 1.82) is 0 Å². The van der Waals surface area contributed by atoms with Crippen molar-refractivity contribution in [2.75, 3.05) is 17.8 Å². The number of benzene rings is 2. The van der Waals surface area contributed by atoms with E-state index in [0.717, 1.165) is 24.0 Å². The second kappa shape index (κ2) is 7.47. The molecule has 3 aromatic rings. The molecule has 0 bridgehead atoms. The Bertz CT molecular complexity index is 1250. The van der Waals surface area contributed by atoms with Gasteiger partial charge in [-0.15, -0.1) is 0 Å². The van der Waals surface area contributed by atoms with E-state index >= 15 is 0 Å². The number of hydrogen-bond donors (Lipinski definition) is 1. The van der Waals surface area contributed by atoms with Crippen LogP contribution in [-0.2, 0) is 10.0 Å². The zero-order valence-corrected chi connectivity index (χ0v) is 18.5. The number of hydrogen-bond acceptors (Lipinski definition) is 4. The lowest BCUT2D eigenvalue weighted by Gasteiger charge is -2.13. The lowest BCUT2D eigenvalue weighted by Crippen LogP contribution is -2.27. The summed E-state index contributed by atoms with van der Waals surface area (Å²) >= 11 is 0. The van der Waals surface area contributed by atoms with Crippen LogP contribution in [0, 0.1) is 27.7 Å². The van der Waals surface area contributed by atoms with Crippen molar-refractivity contribution < 1.29 is 17.6 Å². The van der Waals surface area contributed by atoms with E-state index in [1.165, 1.54) is 0 Å². The Morgan fingerprint density at radius 3 is 2.40 bits per heavy atom. The van der Waals surface area contributed by atoms with Crippen LogP contribution in [-0.4, -0.2) is 32.3 Å². The van der Waals surface area contributed by atoms with Gasteiger partial charge in [0, 0.05) is 29.7 Å². The van der Waals surface area contributed by atoms with E-state index in [1.807, 2.05) is 32.9 Å². The molecule has 1 aromatic heterocycles. The predicted octanol–water partition coefficient (Wildman–Crippen LogP) is 4.70. The molecule has 4 rings (SSSR count). The average Bonchev–Trinajstić information content (AvgIpc) is 3.31. The Balaban J connectivity index is 1.87. The SMILES string of the molecule is Cc1cccc(NS(=O)(=O)c2c(C)c(C)cc3c(C)c(C(=O)N4CCCC4)oc23)c1. The Labute approximate surface area is 176 Å². The van der Waals surface area contributed by atoms with Crippen LogP contribution < -0.4 is 4.72 Å². The quantitative estimate of drug-likeness (QED) is 0.656. The fourth-order valence-electron chi connectivity index (χ4n) is 4.05. The molecule has 158 valence electrons. The molecule has 0 radical (unpaired) electrons. The number of carbonyl (C=O) groups excluding carboxylic acids is 1. The molecular formula is C23H26N2O4S. The summed E-state index contributed by atoms with van der Waals surface area (Å²) in [5.74, 6) is 0.0513. The molecule has 1 aliphatic heterocycles. The predicted molar refractivity (Wildman–Crippen MR) is 118 cm³/mol. The highest BCUT2D eigenvalue weighted by atomic mass is 32.2.